The Bertz CT molecular complexity index is 546. The molecule has 0 bridgehead atoms. The minimum Gasteiger partial charge on any atom is -0.458 e. The van der Waals surface area contributed by atoms with E-state index in [1.54, 1.807) is 44.2 Å². The van der Waals surface area contributed by atoms with E-state index in [2.05, 4.69) is 0 Å². The Labute approximate surface area is 107 Å². The first-order valence-electron chi connectivity index (χ1n) is 5.85. The van der Waals surface area contributed by atoms with Gasteiger partial charge in [0, 0.05) is 6.42 Å². The number of esters is 1. The summed E-state index contributed by atoms with van der Waals surface area (Å²) in [5, 5.41) is -0.690. The monoisotopic (exact) mass is 268 g/mol. The van der Waals surface area contributed by atoms with Crippen molar-refractivity contribution in [2.24, 2.45) is 0 Å². The van der Waals surface area contributed by atoms with E-state index in [0.29, 0.717) is 6.42 Å². The Balaban J connectivity index is 2.39. The highest BCUT2D eigenvalue weighted by atomic mass is 32.2. The summed E-state index contributed by atoms with van der Waals surface area (Å²) in [6, 6.07) is 8.29. The maximum absolute atomic E-state index is 12.5. The van der Waals surface area contributed by atoms with Crippen molar-refractivity contribution in [1.82, 2.24) is 0 Å². The lowest BCUT2D eigenvalue weighted by molar-refractivity contribution is -0.162. The highest BCUT2D eigenvalue weighted by Gasteiger charge is 2.46. The fourth-order valence-corrected chi connectivity index (χ4v) is 4.40. The molecule has 98 valence electrons. The topological polar surface area (TPSA) is 60.4 Å². The quantitative estimate of drug-likeness (QED) is 0.769. The van der Waals surface area contributed by atoms with E-state index in [0.717, 1.165) is 0 Å². The third-order valence-corrected chi connectivity index (χ3v) is 5.69. The van der Waals surface area contributed by atoms with Gasteiger partial charge in [-0.25, -0.2) is 8.42 Å². The lowest BCUT2D eigenvalue weighted by atomic mass is 9.97. The summed E-state index contributed by atoms with van der Waals surface area (Å²) in [6.45, 7) is 3.30. The highest BCUT2D eigenvalue weighted by Crippen LogP contribution is 2.34. The van der Waals surface area contributed by atoms with Crippen LogP contribution in [0.3, 0.4) is 0 Å². The maximum Gasteiger partial charge on any atom is 0.306 e. The predicted octanol–water partition coefficient (Wildman–Crippen LogP) is 1.94. The molecule has 2 rings (SSSR count). The van der Waals surface area contributed by atoms with E-state index < -0.39 is 20.7 Å². The number of hydrogen-bond donors (Lipinski definition) is 0. The van der Waals surface area contributed by atoms with Crippen LogP contribution in [0.15, 0.2) is 35.2 Å². The van der Waals surface area contributed by atoms with Crippen LogP contribution in [-0.4, -0.2) is 25.2 Å². The van der Waals surface area contributed by atoms with Crippen LogP contribution >= 0.6 is 0 Å². The summed E-state index contributed by atoms with van der Waals surface area (Å²) in [7, 11) is -3.47. The van der Waals surface area contributed by atoms with Gasteiger partial charge in [0.2, 0.25) is 0 Å². The summed E-state index contributed by atoms with van der Waals surface area (Å²) in [4.78, 5) is 11.5. The zero-order valence-electron chi connectivity index (χ0n) is 10.4. The van der Waals surface area contributed by atoms with Crippen molar-refractivity contribution >= 4 is 15.8 Å². The van der Waals surface area contributed by atoms with Crippen LogP contribution in [0.25, 0.3) is 0 Å². The van der Waals surface area contributed by atoms with Gasteiger partial charge in [0.1, 0.15) is 10.9 Å². The SMILES string of the molecule is CC1(C)OC(=O)CCC1S(=O)(=O)c1ccccc1. The molecule has 0 radical (unpaired) electrons. The van der Waals surface area contributed by atoms with Gasteiger partial charge < -0.3 is 4.74 Å². The average Bonchev–Trinajstić information content (AvgIpc) is 2.28. The van der Waals surface area contributed by atoms with Crippen molar-refractivity contribution in [2.45, 2.75) is 42.4 Å². The molecule has 1 aromatic carbocycles. The molecule has 0 aliphatic carbocycles. The van der Waals surface area contributed by atoms with Crippen molar-refractivity contribution in [2.75, 3.05) is 0 Å². The van der Waals surface area contributed by atoms with Gasteiger partial charge >= 0.3 is 5.97 Å². The number of ether oxygens (including phenoxy) is 1. The third-order valence-electron chi connectivity index (χ3n) is 3.21. The van der Waals surface area contributed by atoms with Crippen LogP contribution in [0, 0.1) is 0 Å². The van der Waals surface area contributed by atoms with Crippen LogP contribution in [0.2, 0.25) is 0 Å². The molecule has 18 heavy (non-hydrogen) atoms. The molecule has 1 heterocycles. The second kappa shape index (κ2) is 4.39. The predicted molar refractivity (Wildman–Crippen MR) is 66.8 cm³/mol. The number of carbonyl (C=O) groups excluding carboxylic acids is 1. The number of sulfone groups is 1. The van der Waals surface area contributed by atoms with Gasteiger partial charge in [-0.2, -0.15) is 0 Å². The molecule has 0 aromatic heterocycles. The first-order chi connectivity index (χ1) is 8.34. The van der Waals surface area contributed by atoms with E-state index in [4.69, 9.17) is 4.74 Å². The van der Waals surface area contributed by atoms with Gasteiger partial charge in [0.05, 0.1) is 4.90 Å². The zero-order valence-corrected chi connectivity index (χ0v) is 11.2. The average molecular weight is 268 g/mol. The Morgan fingerprint density at radius 3 is 2.39 bits per heavy atom. The van der Waals surface area contributed by atoms with Crippen LogP contribution < -0.4 is 0 Å². The number of cyclic esters (lactones) is 1. The number of rotatable bonds is 2. The van der Waals surface area contributed by atoms with Crippen molar-refractivity contribution in [1.29, 1.82) is 0 Å². The summed E-state index contributed by atoms with van der Waals surface area (Å²) in [6.07, 6.45) is 0.462. The van der Waals surface area contributed by atoms with Crippen molar-refractivity contribution in [3.05, 3.63) is 30.3 Å². The molecule has 1 aliphatic rings. The van der Waals surface area contributed by atoms with Crippen LogP contribution in [-0.2, 0) is 19.4 Å². The summed E-state index contributed by atoms with van der Waals surface area (Å²) in [5.41, 5.74) is -0.982. The van der Waals surface area contributed by atoms with Gasteiger partial charge in [-0.3, -0.25) is 4.79 Å². The molecule has 0 N–H and O–H groups in total. The van der Waals surface area contributed by atoms with Gasteiger partial charge in [-0.05, 0) is 32.4 Å². The molecule has 0 saturated carbocycles. The minimum absolute atomic E-state index is 0.153. The van der Waals surface area contributed by atoms with Crippen LogP contribution in [0.1, 0.15) is 26.7 Å². The van der Waals surface area contributed by atoms with Crippen molar-refractivity contribution in [3.8, 4) is 0 Å². The lowest BCUT2D eigenvalue weighted by Gasteiger charge is -2.37. The largest absolute Gasteiger partial charge is 0.458 e. The molecule has 5 heteroatoms. The first-order valence-corrected chi connectivity index (χ1v) is 7.39. The lowest BCUT2D eigenvalue weighted by Crippen LogP contribution is -2.49. The summed E-state index contributed by atoms with van der Waals surface area (Å²) >= 11 is 0. The fraction of sp³-hybridized carbons (Fsp3) is 0.462. The van der Waals surface area contributed by atoms with Gasteiger partial charge in [-0.15, -0.1) is 0 Å². The normalized spacial score (nSPS) is 23.4. The third kappa shape index (κ3) is 2.27. The molecule has 1 fully saturated rings. The smallest absolute Gasteiger partial charge is 0.306 e. The molecule has 0 spiro atoms. The van der Waals surface area contributed by atoms with Crippen LogP contribution in [0.4, 0.5) is 0 Å². The standard InChI is InChI=1S/C13H16O4S/c1-13(2)11(8-9-12(14)17-13)18(15,16)10-6-4-3-5-7-10/h3-7,11H,8-9H2,1-2H3. The first kappa shape index (κ1) is 13.1. The second-order valence-corrected chi connectivity index (χ2v) is 7.09. The van der Waals surface area contributed by atoms with Crippen LogP contribution in [0.5, 0.6) is 0 Å². The fourth-order valence-electron chi connectivity index (χ4n) is 2.31. The molecule has 1 unspecified atom stereocenters. The molecule has 1 saturated heterocycles. The molecular weight excluding hydrogens is 252 g/mol. The van der Waals surface area contributed by atoms with E-state index in [1.165, 1.54) is 0 Å². The van der Waals surface area contributed by atoms with Gasteiger partial charge in [-0.1, -0.05) is 18.2 Å². The van der Waals surface area contributed by atoms with E-state index in [9.17, 15) is 13.2 Å². The van der Waals surface area contributed by atoms with Crippen molar-refractivity contribution < 1.29 is 17.9 Å². The molecular formula is C13H16O4S. The highest BCUT2D eigenvalue weighted by molar-refractivity contribution is 7.92. The Hall–Kier alpha value is -1.36. The summed E-state index contributed by atoms with van der Waals surface area (Å²) in [5.74, 6) is -0.334. The molecule has 0 amide bonds. The van der Waals surface area contributed by atoms with E-state index in [-0.39, 0.29) is 17.3 Å². The zero-order chi connectivity index (χ0) is 13.4. The Morgan fingerprint density at radius 1 is 1.22 bits per heavy atom. The maximum atomic E-state index is 12.5. The summed E-state index contributed by atoms with van der Waals surface area (Å²) < 4.78 is 30.2. The Morgan fingerprint density at radius 2 is 1.83 bits per heavy atom. The number of hydrogen-bond acceptors (Lipinski definition) is 4. The molecule has 1 aromatic rings. The Kier molecular flexibility index (Phi) is 3.19. The van der Waals surface area contributed by atoms with Gasteiger partial charge in [0.15, 0.2) is 9.84 Å². The van der Waals surface area contributed by atoms with Crippen molar-refractivity contribution in [3.63, 3.8) is 0 Å². The number of carbonyl (C=O) groups is 1. The minimum atomic E-state index is -3.47. The number of benzene rings is 1. The van der Waals surface area contributed by atoms with E-state index >= 15 is 0 Å². The molecule has 1 aliphatic heterocycles. The second-order valence-electron chi connectivity index (χ2n) is 4.96. The molecule has 4 nitrogen and oxygen atoms in total. The molecule has 1 atom stereocenters. The van der Waals surface area contributed by atoms with Gasteiger partial charge in [0.25, 0.3) is 0 Å². The van der Waals surface area contributed by atoms with E-state index in [1.807, 2.05) is 0 Å².